The SMILES string of the molecule is CC1=CC1S(=O)(=O)c1ccccc1. The van der Waals surface area contributed by atoms with Crippen molar-refractivity contribution in [3.8, 4) is 0 Å². The Morgan fingerprint density at radius 2 is 1.69 bits per heavy atom. The summed E-state index contributed by atoms with van der Waals surface area (Å²) in [5, 5.41) is -0.338. The summed E-state index contributed by atoms with van der Waals surface area (Å²) in [7, 11) is -3.11. The summed E-state index contributed by atoms with van der Waals surface area (Å²) in [6.07, 6.45) is 1.77. The molecule has 1 unspecified atom stereocenters. The van der Waals surface area contributed by atoms with Crippen LogP contribution in [-0.2, 0) is 9.84 Å². The first-order chi connectivity index (χ1) is 6.12. The molecular formula is C10H10O2S. The number of benzene rings is 1. The fraction of sp³-hybridized carbons (Fsp3) is 0.200. The van der Waals surface area contributed by atoms with Crippen molar-refractivity contribution in [2.45, 2.75) is 17.1 Å². The fourth-order valence-electron chi connectivity index (χ4n) is 1.28. The first-order valence-corrected chi connectivity index (χ1v) is 5.64. The third-order valence-corrected chi connectivity index (χ3v) is 4.27. The molecule has 68 valence electrons. The van der Waals surface area contributed by atoms with Gasteiger partial charge in [0.1, 0.15) is 5.25 Å². The van der Waals surface area contributed by atoms with E-state index in [0.29, 0.717) is 4.90 Å². The molecule has 0 aliphatic heterocycles. The van der Waals surface area contributed by atoms with E-state index in [-0.39, 0.29) is 5.25 Å². The molecule has 1 aliphatic rings. The van der Waals surface area contributed by atoms with Crippen molar-refractivity contribution in [1.29, 1.82) is 0 Å². The van der Waals surface area contributed by atoms with Crippen LogP contribution in [0.2, 0.25) is 0 Å². The third kappa shape index (κ3) is 1.40. The van der Waals surface area contributed by atoms with E-state index in [1.54, 1.807) is 30.3 Å². The van der Waals surface area contributed by atoms with E-state index in [2.05, 4.69) is 0 Å². The quantitative estimate of drug-likeness (QED) is 0.673. The normalized spacial score (nSPS) is 21.0. The van der Waals surface area contributed by atoms with E-state index >= 15 is 0 Å². The van der Waals surface area contributed by atoms with Crippen LogP contribution in [0, 0.1) is 0 Å². The zero-order chi connectivity index (χ0) is 9.47. The summed E-state index contributed by atoms with van der Waals surface area (Å²) in [4.78, 5) is 0.410. The van der Waals surface area contributed by atoms with Gasteiger partial charge in [-0.2, -0.15) is 0 Å². The fourth-order valence-corrected chi connectivity index (χ4v) is 2.99. The minimum Gasteiger partial charge on any atom is -0.223 e. The van der Waals surface area contributed by atoms with Crippen LogP contribution in [0.25, 0.3) is 0 Å². The van der Waals surface area contributed by atoms with Crippen molar-refractivity contribution in [2.24, 2.45) is 0 Å². The van der Waals surface area contributed by atoms with E-state index in [1.807, 2.05) is 13.0 Å². The Hall–Kier alpha value is -1.09. The highest BCUT2D eigenvalue weighted by atomic mass is 32.2. The monoisotopic (exact) mass is 194 g/mol. The van der Waals surface area contributed by atoms with Gasteiger partial charge in [0, 0.05) is 0 Å². The molecule has 0 heterocycles. The number of hydrogen-bond donors (Lipinski definition) is 0. The smallest absolute Gasteiger partial charge is 0.188 e. The molecule has 2 rings (SSSR count). The van der Waals surface area contributed by atoms with E-state index in [9.17, 15) is 8.42 Å². The van der Waals surface area contributed by atoms with Crippen molar-refractivity contribution < 1.29 is 8.42 Å². The molecule has 0 amide bonds. The van der Waals surface area contributed by atoms with E-state index in [0.717, 1.165) is 5.57 Å². The van der Waals surface area contributed by atoms with Gasteiger partial charge in [-0.05, 0) is 19.1 Å². The van der Waals surface area contributed by atoms with E-state index in [4.69, 9.17) is 0 Å². The average molecular weight is 194 g/mol. The van der Waals surface area contributed by atoms with Crippen LogP contribution >= 0.6 is 0 Å². The van der Waals surface area contributed by atoms with Crippen molar-refractivity contribution >= 4 is 9.84 Å². The van der Waals surface area contributed by atoms with Crippen molar-refractivity contribution in [2.75, 3.05) is 0 Å². The molecule has 0 saturated heterocycles. The molecule has 1 aromatic carbocycles. The maximum Gasteiger partial charge on any atom is 0.188 e. The lowest BCUT2D eigenvalue weighted by Crippen LogP contribution is -2.09. The van der Waals surface area contributed by atoms with Gasteiger partial charge >= 0.3 is 0 Å². The van der Waals surface area contributed by atoms with Crippen molar-refractivity contribution in [3.63, 3.8) is 0 Å². The van der Waals surface area contributed by atoms with Gasteiger partial charge in [-0.25, -0.2) is 8.42 Å². The lowest BCUT2D eigenvalue weighted by Gasteiger charge is -2.01. The summed E-state index contributed by atoms with van der Waals surface area (Å²) in [6.45, 7) is 1.84. The highest BCUT2D eigenvalue weighted by Gasteiger charge is 2.35. The molecule has 0 aromatic heterocycles. The molecule has 3 heteroatoms. The Balaban J connectivity index is 2.37. The molecule has 1 atom stereocenters. The topological polar surface area (TPSA) is 34.1 Å². The lowest BCUT2D eigenvalue weighted by atomic mass is 10.4. The second-order valence-corrected chi connectivity index (χ2v) is 5.26. The molecule has 0 radical (unpaired) electrons. The molecule has 1 aliphatic carbocycles. The molecular weight excluding hydrogens is 184 g/mol. The van der Waals surface area contributed by atoms with E-state index in [1.165, 1.54) is 0 Å². The Morgan fingerprint density at radius 3 is 2.15 bits per heavy atom. The molecule has 1 aromatic rings. The summed E-state index contributed by atoms with van der Waals surface area (Å²) in [5.41, 5.74) is 0.948. The van der Waals surface area contributed by atoms with Gasteiger partial charge in [-0.3, -0.25) is 0 Å². The molecule has 0 fully saturated rings. The second kappa shape index (κ2) is 2.70. The van der Waals surface area contributed by atoms with Crippen LogP contribution in [-0.4, -0.2) is 13.7 Å². The Kier molecular flexibility index (Phi) is 1.77. The van der Waals surface area contributed by atoms with Crippen LogP contribution in [0.15, 0.2) is 46.9 Å². The first kappa shape index (κ1) is 8.51. The molecule has 0 N–H and O–H groups in total. The summed E-state index contributed by atoms with van der Waals surface area (Å²) < 4.78 is 23.5. The Labute approximate surface area is 77.8 Å². The van der Waals surface area contributed by atoms with Gasteiger partial charge < -0.3 is 0 Å². The summed E-state index contributed by atoms with van der Waals surface area (Å²) >= 11 is 0. The van der Waals surface area contributed by atoms with Crippen LogP contribution in [0.1, 0.15) is 6.92 Å². The summed E-state index contributed by atoms with van der Waals surface area (Å²) in [5.74, 6) is 0. The molecule has 0 bridgehead atoms. The third-order valence-electron chi connectivity index (χ3n) is 2.16. The van der Waals surface area contributed by atoms with Crippen LogP contribution in [0.3, 0.4) is 0 Å². The number of hydrogen-bond acceptors (Lipinski definition) is 2. The lowest BCUT2D eigenvalue weighted by molar-refractivity contribution is 0.596. The van der Waals surface area contributed by atoms with Gasteiger partial charge in [0.25, 0.3) is 0 Å². The maximum absolute atomic E-state index is 11.8. The first-order valence-electron chi connectivity index (χ1n) is 4.09. The zero-order valence-corrected chi connectivity index (χ0v) is 8.08. The minimum atomic E-state index is -3.11. The van der Waals surface area contributed by atoms with Gasteiger partial charge in [0.15, 0.2) is 9.84 Å². The van der Waals surface area contributed by atoms with Crippen LogP contribution in [0.5, 0.6) is 0 Å². The highest BCUT2D eigenvalue weighted by Crippen LogP contribution is 2.31. The number of rotatable bonds is 2. The van der Waals surface area contributed by atoms with Gasteiger partial charge in [0.2, 0.25) is 0 Å². The highest BCUT2D eigenvalue weighted by molar-refractivity contribution is 7.92. The van der Waals surface area contributed by atoms with Crippen molar-refractivity contribution in [1.82, 2.24) is 0 Å². The minimum absolute atomic E-state index is 0.338. The average Bonchev–Trinajstić information content (AvgIpc) is 2.85. The van der Waals surface area contributed by atoms with Crippen LogP contribution < -0.4 is 0 Å². The molecule has 0 saturated carbocycles. The predicted molar refractivity (Wildman–Crippen MR) is 51.2 cm³/mol. The molecule has 13 heavy (non-hydrogen) atoms. The largest absolute Gasteiger partial charge is 0.223 e. The van der Waals surface area contributed by atoms with Crippen LogP contribution in [0.4, 0.5) is 0 Å². The molecule has 0 spiro atoms. The Bertz CT molecular complexity index is 443. The standard InChI is InChI=1S/C10H10O2S/c1-8-7-10(8)13(11,12)9-5-3-2-4-6-9/h2-7,10H,1H3. The van der Waals surface area contributed by atoms with Gasteiger partial charge in [-0.15, -0.1) is 0 Å². The maximum atomic E-state index is 11.8. The zero-order valence-electron chi connectivity index (χ0n) is 7.27. The van der Waals surface area contributed by atoms with Gasteiger partial charge in [0.05, 0.1) is 4.90 Å². The second-order valence-electron chi connectivity index (χ2n) is 3.19. The molecule has 2 nitrogen and oxygen atoms in total. The number of sulfone groups is 1. The Morgan fingerprint density at radius 1 is 1.15 bits per heavy atom. The predicted octanol–water partition coefficient (Wildman–Crippen LogP) is 1.79. The summed E-state index contributed by atoms with van der Waals surface area (Å²) in [6, 6.07) is 8.56. The van der Waals surface area contributed by atoms with Crippen molar-refractivity contribution in [3.05, 3.63) is 42.0 Å². The van der Waals surface area contributed by atoms with Gasteiger partial charge in [-0.1, -0.05) is 29.8 Å². The van der Waals surface area contributed by atoms with E-state index < -0.39 is 9.84 Å².